The topological polar surface area (TPSA) is 59.3 Å². The van der Waals surface area contributed by atoms with Crippen molar-refractivity contribution in [3.8, 4) is 0 Å². The van der Waals surface area contributed by atoms with Gasteiger partial charge in [-0.05, 0) is 38.5 Å². The van der Waals surface area contributed by atoms with E-state index in [1.54, 1.807) is 18.4 Å². The third-order valence-electron chi connectivity index (χ3n) is 4.62. The number of hydrogen-bond donors (Lipinski definition) is 1. The molecule has 0 bridgehead atoms. The number of thioether (sulfide) groups is 1. The van der Waals surface area contributed by atoms with E-state index in [9.17, 15) is 14.7 Å². The summed E-state index contributed by atoms with van der Waals surface area (Å²) in [5, 5.41) is 9.37. The fraction of sp³-hybridized carbons (Fsp3) is 0.625. The predicted molar refractivity (Wildman–Crippen MR) is 86.5 cm³/mol. The molecule has 1 heterocycles. The van der Waals surface area contributed by atoms with Gasteiger partial charge in [-0.3, -0.25) is 4.79 Å². The third kappa shape index (κ3) is 3.18. The van der Waals surface area contributed by atoms with E-state index in [4.69, 9.17) is 0 Å². The van der Waals surface area contributed by atoms with Gasteiger partial charge < -0.3 is 9.67 Å². The van der Waals surface area contributed by atoms with Gasteiger partial charge in [-0.2, -0.15) is 11.8 Å². The van der Waals surface area contributed by atoms with Gasteiger partial charge in [-0.15, -0.1) is 0 Å². The first-order valence-electron chi connectivity index (χ1n) is 7.40. The molecule has 0 unspecified atom stereocenters. The molecule has 0 aromatic carbocycles. The summed E-state index contributed by atoms with van der Waals surface area (Å²) in [6.45, 7) is 4.04. The fourth-order valence-electron chi connectivity index (χ4n) is 3.35. The minimum absolute atomic E-state index is 0.0673. The molecule has 0 amide bonds. The summed E-state index contributed by atoms with van der Waals surface area (Å²) < 4.78 is 1.73. The highest BCUT2D eigenvalue weighted by Crippen LogP contribution is 2.40. The average molecular weight is 309 g/mol. The highest BCUT2D eigenvalue weighted by atomic mass is 32.2. The van der Waals surface area contributed by atoms with Crippen molar-refractivity contribution in [3.63, 3.8) is 0 Å². The maximum Gasteiger partial charge on any atom is 0.337 e. The molecule has 4 nitrogen and oxygen atoms in total. The molecule has 2 rings (SSSR count). The normalized spacial score (nSPS) is 17.7. The van der Waals surface area contributed by atoms with Crippen LogP contribution in [0.3, 0.4) is 0 Å². The Morgan fingerprint density at radius 2 is 1.95 bits per heavy atom. The first kappa shape index (κ1) is 16.1. The molecule has 5 heteroatoms. The van der Waals surface area contributed by atoms with Gasteiger partial charge in [0.05, 0.1) is 5.56 Å². The zero-order valence-electron chi connectivity index (χ0n) is 12.9. The van der Waals surface area contributed by atoms with E-state index in [-0.39, 0.29) is 15.9 Å². The van der Waals surface area contributed by atoms with Crippen molar-refractivity contribution < 1.29 is 9.90 Å². The Hall–Kier alpha value is -1.23. The Morgan fingerprint density at radius 3 is 2.48 bits per heavy atom. The Morgan fingerprint density at radius 1 is 1.33 bits per heavy atom. The Kier molecular flexibility index (Phi) is 4.81. The van der Waals surface area contributed by atoms with Crippen LogP contribution >= 0.6 is 11.8 Å². The number of nitrogens with zero attached hydrogens (tertiary/aromatic N) is 1. The summed E-state index contributed by atoms with van der Waals surface area (Å²) in [5.74, 6) is -0.958. The molecular weight excluding hydrogens is 286 g/mol. The van der Waals surface area contributed by atoms with Crippen molar-refractivity contribution in [1.29, 1.82) is 0 Å². The molecule has 0 atom stereocenters. The SMILES string of the molecule is CSC1(Cn2c(C)c(C(=O)O)c(C)cc2=O)CCCCC1. The number of carbonyl (C=O) groups is 1. The van der Waals surface area contributed by atoms with Crippen LogP contribution in [0.25, 0.3) is 0 Å². The van der Waals surface area contributed by atoms with Crippen LogP contribution in [0.4, 0.5) is 0 Å². The van der Waals surface area contributed by atoms with Gasteiger partial charge in [0.15, 0.2) is 0 Å². The van der Waals surface area contributed by atoms with E-state index in [2.05, 4.69) is 6.26 Å². The van der Waals surface area contributed by atoms with Crippen molar-refractivity contribution in [2.75, 3.05) is 6.26 Å². The van der Waals surface area contributed by atoms with Crippen molar-refractivity contribution in [2.45, 2.75) is 57.2 Å². The molecule has 0 spiro atoms. The minimum Gasteiger partial charge on any atom is -0.478 e. The highest BCUT2D eigenvalue weighted by Gasteiger charge is 2.32. The predicted octanol–water partition coefficient (Wildman–Crippen LogP) is 3.23. The molecule has 1 N–H and O–H groups in total. The maximum atomic E-state index is 12.3. The van der Waals surface area contributed by atoms with Crippen molar-refractivity contribution >= 4 is 17.7 Å². The number of aromatic nitrogens is 1. The standard InChI is InChI=1S/C16H23NO3S/c1-11-9-13(18)17(12(2)14(11)15(19)20)10-16(21-3)7-5-4-6-8-16/h9H,4-8,10H2,1-3H3,(H,19,20). The molecular formula is C16H23NO3S. The van der Waals surface area contributed by atoms with E-state index in [0.29, 0.717) is 17.8 Å². The van der Waals surface area contributed by atoms with Gasteiger partial charge in [0.1, 0.15) is 0 Å². The van der Waals surface area contributed by atoms with Crippen LogP contribution < -0.4 is 5.56 Å². The van der Waals surface area contributed by atoms with Crippen LogP contribution in [0.1, 0.15) is 53.7 Å². The monoisotopic (exact) mass is 309 g/mol. The van der Waals surface area contributed by atoms with Crippen LogP contribution in [-0.4, -0.2) is 26.6 Å². The zero-order chi connectivity index (χ0) is 15.6. The number of pyridine rings is 1. The van der Waals surface area contributed by atoms with Gasteiger partial charge in [-0.1, -0.05) is 19.3 Å². The zero-order valence-corrected chi connectivity index (χ0v) is 13.8. The smallest absolute Gasteiger partial charge is 0.337 e. The van der Waals surface area contributed by atoms with E-state index in [1.807, 2.05) is 11.8 Å². The van der Waals surface area contributed by atoms with E-state index >= 15 is 0 Å². The van der Waals surface area contributed by atoms with Crippen molar-refractivity contribution in [1.82, 2.24) is 4.57 Å². The summed E-state index contributed by atoms with van der Waals surface area (Å²) in [6.07, 6.45) is 7.91. The summed E-state index contributed by atoms with van der Waals surface area (Å²) in [5.41, 5.74) is 1.30. The van der Waals surface area contributed by atoms with E-state index < -0.39 is 5.97 Å². The number of aryl methyl sites for hydroxylation is 1. The molecule has 1 fully saturated rings. The summed E-state index contributed by atoms with van der Waals surface area (Å²) in [4.78, 5) is 23.8. The average Bonchev–Trinajstić information content (AvgIpc) is 2.44. The summed E-state index contributed by atoms with van der Waals surface area (Å²) in [7, 11) is 0. The number of rotatable bonds is 4. The Bertz CT molecular complexity index is 600. The van der Waals surface area contributed by atoms with Crippen LogP contribution in [0.5, 0.6) is 0 Å². The molecule has 0 radical (unpaired) electrons. The number of hydrogen-bond acceptors (Lipinski definition) is 3. The van der Waals surface area contributed by atoms with E-state index in [1.165, 1.54) is 25.3 Å². The van der Waals surface area contributed by atoms with Gasteiger partial charge in [0.2, 0.25) is 0 Å². The molecule has 21 heavy (non-hydrogen) atoms. The lowest BCUT2D eigenvalue weighted by molar-refractivity contribution is 0.0694. The lowest BCUT2D eigenvalue weighted by atomic mass is 9.88. The number of aromatic carboxylic acids is 1. The summed E-state index contributed by atoms with van der Waals surface area (Å²) >= 11 is 1.82. The maximum absolute atomic E-state index is 12.3. The molecule has 1 aliphatic carbocycles. The molecule has 1 saturated carbocycles. The van der Waals surface area contributed by atoms with Gasteiger partial charge in [0.25, 0.3) is 5.56 Å². The fourth-order valence-corrected chi connectivity index (χ4v) is 4.31. The van der Waals surface area contributed by atoms with Crippen LogP contribution in [0.2, 0.25) is 0 Å². The lowest BCUT2D eigenvalue weighted by Crippen LogP contribution is -2.38. The Balaban J connectivity index is 2.46. The molecule has 1 aromatic rings. The largest absolute Gasteiger partial charge is 0.478 e. The van der Waals surface area contributed by atoms with Gasteiger partial charge in [-0.25, -0.2) is 4.79 Å². The first-order valence-corrected chi connectivity index (χ1v) is 8.62. The second-order valence-corrected chi connectivity index (χ2v) is 7.24. The second kappa shape index (κ2) is 6.26. The minimum atomic E-state index is -0.958. The first-order chi connectivity index (χ1) is 9.90. The molecule has 1 aliphatic rings. The molecule has 0 aliphatic heterocycles. The number of carboxylic acids is 1. The lowest BCUT2D eigenvalue weighted by Gasteiger charge is -2.36. The van der Waals surface area contributed by atoms with Crippen molar-refractivity contribution in [3.05, 3.63) is 33.2 Å². The molecule has 0 saturated heterocycles. The van der Waals surface area contributed by atoms with Crippen molar-refractivity contribution in [2.24, 2.45) is 0 Å². The molecule has 1 aromatic heterocycles. The van der Waals surface area contributed by atoms with Gasteiger partial charge >= 0.3 is 5.97 Å². The second-order valence-electron chi connectivity index (χ2n) is 5.97. The van der Waals surface area contributed by atoms with Gasteiger partial charge in [0, 0.05) is 23.1 Å². The third-order valence-corrected chi connectivity index (χ3v) is 6.03. The Labute approximate surface area is 129 Å². The van der Waals surface area contributed by atoms with Crippen LogP contribution in [0, 0.1) is 13.8 Å². The van der Waals surface area contributed by atoms with Crippen LogP contribution in [-0.2, 0) is 6.54 Å². The van der Waals surface area contributed by atoms with Crippen LogP contribution in [0.15, 0.2) is 10.9 Å². The summed E-state index contributed by atoms with van der Waals surface area (Å²) in [6, 6.07) is 1.45. The molecule has 116 valence electrons. The number of carboxylic acid groups (broad SMARTS) is 1. The quantitative estimate of drug-likeness (QED) is 0.927. The highest BCUT2D eigenvalue weighted by molar-refractivity contribution is 8.00. The van der Waals surface area contributed by atoms with E-state index in [0.717, 1.165) is 12.8 Å².